The number of nitrogens with zero attached hydrogens (tertiary/aromatic N) is 1. The van der Waals surface area contributed by atoms with Gasteiger partial charge in [-0.3, -0.25) is 9.59 Å². The third kappa shape index (κ3) is 4.05. The molecule has 3 aliphatic carbocycles. The second kappa shape index (κ2) is 7.18. The Labute approximate surface area is 148 Å². The number of amides is 2. The zero-order chi connectivity index (χ0) is 17.2. The Morgan fingerprint density at radius 2 is 1.56 bits per heavy atom. The van der Waals surface area contributed by atoms with Crippen LogP contribution in [-0.4, -0.2) is 29.1 Å². The fourth-order valence-electron chi connectivity index (χ4n) is 4.11. The van der Waals surface area contributed by atoms with E-state index in [4.69, 9.17) is 4.52 Å². The Hall–Kier alpha value is -1.85. The van der Waals surface area contributed by atoms with Gasteiger partial charge >= 0.3 is 0 Å². The minimum Gasteiger partial charge on any atom is -0.360 e. The van der Waals surface area contributed by atoms with Gasteiger partial charge in [-0.2, -0.15) is 0 Å². The van der Waals surface area contributed by atoms with Crippen LogP contribution in [0.3, 0.4) is 0 Å². The summed E-state index contributed by atoms with van der Waals surface area (Å²) in [5, 5.41) is 10.2. The van der Waals surface area contributed by atoms with Crippen molar-refractivity contribution < 1.29 is 14.1 Å². The molecule has 1 aromatic rings. The van der Waals surface area contributed by atoms with E-state index >= 15 is 0 Å². The summed E-state index contributed by atoms with van der Waals surface area (Å²) in [4.78, 5) is 24.5. The molecule has 0 bridgehead atoms. The van der Waals surface area contributed by atoms with Gasteiger partial charge in [0.1, 0.15) is 5.76 Å². The Kier molecular flexibility index (Phi) is 4.77. The largest absolute Gasteiger partial charge is 0.360 e. The second-order valence-electron chi connectivity index (χ2n) is 7.90. The average molecular weight is 345 g/mol. The van der Waals surface area contributed by atoms with E-state index in [9.17, 15) is 9.59 Å². The van der Waals surface area contributed by atoms with Gasteiger partial charge < -0.3 is 15.2 Å². The molecule has 6 heteroatoms. The van der Waals surface area contributed by atoms with E-state index in [1.165, 1.54) is 12.8 Å². The van der Waals surface area contributed by atoms with Crippen LogP contribution in [0.1, 0.15) is 86.4 Å². The summed E-state index contributed by atoms with van der Waals surface area (Å²) in [5.74, 6) is 1.62. The van der Waals surface area contributed by atoms with Gasteiger partial charge in [0.25, 0.3) is 5.91 Å². The topological polar surface area (TPSA) is 84.2 Å². The predicted octanol–water partition coefficient (Wildman–Crippen LogP) is 2.90. The molecular formula is C19H27N3O3. The van der Waals surface area contributed by atoms with E-state index in [0.29, 0.717) is 11.6 Å². The third-order valence-electron chi connectivity index (χ3n) is 5.88. The molecule has 0 aliphatic heterocycles. The number of carbonyl (C=O) groups is 2. The van der Waals surface area contributed by atoms with Crippen molar-refractivity contribution in [2.24, 2.45) is 5.92 Å². The lowest BCUT2D eigenvalue weighted by atomic mass is 9.90. The lowest BCUT2D eigenvalue weighted by Gasteiger charge is -2.30. The Morgan fingerprint density at radius 1 is 0.920 bits per heavy atom. The molecule has 0 saturated heterocycles. The number of hydrogen-bond acceptors (Lipinski definition) is 4. The van der Waals surface area contributed by atoms with Crippen molar-refractivity contribution in [3.8, 4) is 0 Å². The maximum atomic E-state index is 12.3. The van der Waals surface area contributed by atoms with Crippen molar-refractivity contribution in [3.05, 3.63) is 17.5 Å². The van der Waals surface area contributed by atoms with Crippen LogP contribution in [0.25, 0.3) is 0 Å². The van der Waals surface area contributed by atoms with Crippen LogP contribution in [0.4, 0.5) is 0 Å². The van der Waals surface area contributed by atoms with Crippen molar-refractivity contribution in [2.45, 2.75) is 82.2 Å². The molecule has 0 radical (unpaired) electrons. The van der Waals surface area contributed by atoms with E-state index < -0.39 is 0 Å². The highest BCUT2D eigenvalue weighted by molar-refractivity contribution is 5.92. The van der Waals surface area contributed by atoms with Crippen LogP contribution in [0.5, 0.6) is 0 Å². The Morgan fingerprint density at radius 3 is 2.20 bits per heavy atom. The first-order valence-electron chi connectivity index (χ1n) is 9.77. The van der Waals surface area contributed by atoms with Crippen LogP contribution in [0, 0.1) is 5.92 Å². The summed E-state index contributed by atoms with van der Waals surface area (Å²) in [5.41, 5.74) is 0.388. The summed E-state index contributed by atoms with van der Waals surface area (Å²) >= 11 is 0. The van der Waals surface area contributed by atoms with E-state index in [0.717, 1.165) is 57.1 Å². The van der Waals surface area contributed by atoms with Gasteiger partial charge in [0.2, 0.25) is 5.91 Å². The summed E-state index contributed by atoms with van der Waals surface area (Å²) in [7, 11) is 0. The molecule has 6 nitrogen and oxygen atoms in total. The Bertz CT molecular complexity index is 624. The third-order valence-corrected chi connectivity index (χ3v) is 5.88. The highest BCUT2D eigenvalue weighted by atomic mass is 16.5. The molecular weight excluding hydrogens is 318 g/mol. The van der Waals surface area contributed by atoms with E-state index in [1.54, 1.807) is 6.07 Å². The first-order chi connectivity index (χ1) is 12.2. The number of hydrogen-bond donors (Lipinski definition) is 2. The molecule has 3 fully saturated rings. The first-order valence-corrected chi connectivity index (χ1v) is 9.77. The predicted molar refractivity (Wildman–Crippen MR) is 92.1 cm³/mol. The minimum absolute atomic E-state index is 0.144. The van der Waals surface area contributed by atoms with Crippen LogP contribution in [0.15, 0.2) is 10.6 Å². The minimum atomic E-state index is -0.144. The van der Waals surface area contributed by atoms with E-state index in [1.807, 2.05) is 0 Å². The second-order valence-corrected chi connectivity index (χ2v) is 7.90. The van der Waals surface area contributed by atoms with E-state index in [2.05, 4.69) is 15.8 Å². The Balaban J connectivity index is 1.21. The van der Waals surface area contributed by atoms with E-state index in [-0.39, 0.29) is 29.8 Å². The molecule has 25 heavy (non-hydrogen) atoms. The van der Waals surface area contributed by atoms with Gasteiger partial charge in [0, 0.05) is 30.0 Å². The number of aromatic nitrogens is 1. The quantitative estimate of drug-likeness (QED) is 0.859. The molecule has 136 valence electrons. The van der Waals surface area contributed by atoms with Crippen molar-refractivity contribution in [1.82, 2.24) is 15.8 Å². The highest BCUT2D eigenvalue weighted by Crippen LogP contribution is 2.40. The molecule has 3 aliphatic rings. The molecule has 0 unspecified atom stereocenters. The molecule has 2 N–H and O–H groups in total. The van der Waals surface area contributed by atoms with Crippen LogP contribution < -0.4 is 10.6 Å². The van der Waals surface area contributed by atoms with Gasteiger partial charge in [0.05, 0.1) is 0 Å². The molecule has 0 atom stereocenters. The van der Waals surface area contributed by atoms with Crippen molar-refractivity contribution in [1.29, 1.82) is 0 Å². The zero-order valence-corrected chi connectivity index (χ0v) is 14.6. The molecule has 0 spiro atoms. The van der Waals surface area contributed by atoms with Gasteiger partial charge in [-0.15, -0.1) is 0 Å². The first kappa shape index (κ1) is 16.6. The molecule has 4 rings (SSSR count). The highest BCUT2D eigenvalue weighted by Gasteiger charge is 2.30. The molecule has 2 amide bonds. The maximum Gasteiger partial charge on any atom is 0.273 e. The van der Waals surface area contributed by atoms with Gasteiger partial charge in [-0.25, -0.2) is 0 Å². The number of rotatable bonds is 5. The fraction of sp³-hybridized carbons (Fsp3) is 0.737. The molecule has 1 heterocycles. The van der Waals surface area contributed by atoms with Gasteiger partial charge in [-0.05, 0) is 51.4 Å². The lowest BCUT2D eigenvalue weighted by molar-refractivity contribution is -0.125. The monoisotopic (exact) mass is 345 g/mol. The zero-order valence-electron chi connectivity index (χ0n) is 14.6. The van der Waals surface area contributed by atoms with Crippen molar-refractivity contribution in [2.75, 3.05) is 0 Å². The summed E-state index contributed by atoms with van der Waals surface area (Å²) in [6, 6.07) is 2.20. The van der Waals surface area contributed by atoms with Crippen LogP contribution in [-0.2, 0) is 4.79 Å². The molecule has 0 aromatic carbocycles. The summed E-state index contributed by atoms with van der Waals surface area (Å²) in [6.45, 7) is 0. The van der Waals surface area contributed by atoms with Crippen LogP contribution in [0.2, 0.25) is 0 Å². The molecule has 1 aromatic heterocycles. The number of carbonyl (C=O) groups excluding carboxylic acids is 2. The fourth-order valence-corrected chi connectivity index (χ4v) is 4.11. The number of nitrogens with one attached hydrogen (secondary N) is 2. The van der Waals surface area contributed by atoms with Crippen LogP contribution >= 0.6 is 0 Å². The van der Waals surface area contributed by atoms with Gasteiger partial charge in [0.15, 0.2) is 5.69 Å². The summed E-state index contributed by atoms with van der Waals surface area (Å²) < 4.78 is 5.25. The maximum absolute atomic E-state index is 12.3. The average Bonchev–Trinajstić information content (AvgIpc) is 3.13. The van der Waals surface area contributed by atoms with Crippen molar-refractivity contribution in [3.63, 3.8) is 0 Å². The smallest absolute Gasteiger partial charge is 0.273 e. The molecule has 3 saturated carbocycles. The summed E-state index contributed by atoms with van der Waals surface area (Å²) in [6.07, 6.45) is 10.4. The lowest BCUT2D eigenvalue weighted by Crippen LogP contribution is -2.45. The normalized spacial score (nSPS) is 27.2. The van der Waals surface area contributed by atoms with Gasteiger partial charge in [-0.1, -0.05) is 18.0 Å². The van der Waals surface area contributed by atoms with Crippen molar-refractivity contribution >= 4 is 11.8 Å². The SMILES string of the molecule is O=C(N[C@H]1CC[C@H](NC(=O)C2CCCC2)CC1)c1cc(C2CC2)on1. The standard InChI is InChI=1S/C19H27N3O3/c23-18(13-3-1-2-4-13)20-14-7-9-15(10-8-14)21-19(24)16-11-17(25-22-16)12-5-6-12/h11-15H,1-10H2,(H,20,23)(H,21,24)/t14-,15-.